The molecule has 3 saturated heterocycles. The second kappa shape index (κ2) is 11.4. The number of ether oxygens (including phenoxy) is 1. The molecule has 0 saturated carbocycles. The van der Waals surface area contributed by atoms with Crippen molar-refractivity contribution in [1.29, 1.82) is 0 Å². The van der Waals surface area contributed by atoms with Crippen LogP contribution in [0.1, 0.15) is 68.9 Å². The van der Waals surface area contributed by atoms with Gasteiger partial charge in [-0.15, -0.1) is 0 Å². The van der Waals surface area contributed by atoms with Gasteiger partial charge in [0.1, 0.15) is 5.75 Å². The van der Waals surface area contributed by atoms with E-state index in [4.69, 9.17) is 4.74 Å². The number of hydrogen-bond donors (Lipinski definition) is 0. The van der Waals surface area contributed by atoms with E-state index >= 15 is 0 Å². The number of piperidine rings is 2. The molecule has 0 bridgehead atoms. The lowest BCUT2D eigenvalue weighted by atomic mass is 9.83. The predicted octanol–water partition coefficient (Wildman–Crippen LogP) is 4.61. The number of hydrogen-bond acceptors (Lipinski definition) is 4. The van der Waals surface area contributed by atoms with Crippen LogP contribution in [0.25, 0.3) is 0 Å². The Morgan fingerprint density at radius 1 is 0.781 bits per heavy atom. The second-order valence-electron chi connectivity index (χ2n) is 10.9. The second-order valence-corrected chi connectivity index (χ2v) is 10.9. The van der Waals surface area contributed by atoms with Crippen molar-refractivity contribution < 1.29 is 4.74 Å². The van der Waals surface area contributed by atoms with E-state index in [1.165, 1.54) is 117 Å². The summed E-state index contributed by atoms with van der Waals surface area (Å²) in [5.74, 6) is 1.94. The maximum Gasteiger partial charge on any atom is 0.119 e. The van der Waals surface area contributed by atoms with Crippen molar-refractivity contribution in [2.45, 2.75) is 76.7 Å². The first-order valence-corrected chi connectivity index (χ1v) is 13.8. The van der Waals surface area contributed by atoms with Crippen LogP contribution in [0.3, 0.4) is 0 Å². The predicted molar refractivity (Wildman–Crippen MR) is 133 cm³/mol. The fourth-order valence-corrected chi connectivity index (χ4v) is 6.65. The monoisotopic (exact) mass is 439 g/mol. The van der Waals surface area contributed by atoms with E-state index in [9.17, 15) is 0 Å². The molecule has 0 aromatic heterocycles. The summed E-state index contributed by atoms with van der Waals surface area (Å²) in [7, 11) is 0. The van der Waals surface area contributed by atoms with Gasteiger partial charge in [-0.1, -0.05) is 12.5 Å². The first-order valence-electron chi connectivity index (χ1n) is 13.8. The molecule has 4 heteroatoms. The fraction of sp³-hybridized carbons (Fsp3) is 0.786. The van der Waals surface area contributed by atoms with Gasteiger partial charge >= 0.3 is 0 Å². The maximum absolute atomic E-state index is 6.17. The van der Waals surface area contributed by atoms with Gasteiger partial charge in [-0.25, -0.2) is 0 Å². The van der Waals surface area contributed by atoms with E-state index in [2.05, 4.69) is 32.9 Å². The van der Waals surface area contributed by atoms with Gasteiger partial charge in [0.25, 0.3) is 0 Å². The van der Waals surface area contributed by atoms with E-state index < -0.39 is 0 Å². The maximum atomic E-state index is 6.17. The first-order chi connectivity index (χ1) is 15.8. The summed E-state index contributed by atoms with van der Waals surface area (Å²) in [5.41, 5.74) is 3.12. The largest absolute Gasteiger partial charge is 0.494 e. The number of fused-ring (bicyclic) bond motifs is 1. The third-order valence-corrected chi connectivity index (χ3v) is 8.57. The van der Waals surface area contributed by atoms with Gasteiger partial charge in [0.2, 0.25) is 0 Å². The van der Waals surface area contributed by atoms with Gasteiger partial charge in [-0.05, 0) is 133 Å². The highest BCUT2D eigenvalue weighted by molar-refractivity contribution is 5.37. The molecule has 0 spiro atoms. The molecule has 3 aliphatic heterocycles. The van der Waals surface area contributed by atoms with Crippen molar-refractivity contribution in [1.82, 2.24) is 14.7 Å². The molecule has 1 aromatic carbocycles. The molecule has 32 heavy (non-hydrogen) atoms. The highest BCUT2D eigenvalue weighted by Crippen LogP contribution is 2.30. The van der Waals surface area contributed by atoms with Crippen molar-refractivity contribution in [3.63, 3.8) is 0 Å². The summed E-state index contributed by atoms with van der Waals surface area (Å²) in [6.07, 6.45) is 14.8. The standard InChI is InChI=1S/C28H45N3O/c1-2-16-31(17-3-1)27-11-18-29(19-12-27)15-6-20-32-28-10-9-25-21-24(7-8-26(25)22-28)23-30-13-4-5-14-30/h9-10,22,24,27H,1-8,11-21,23H2. The first kappa shape index (κ1) is 22.7. The summed E-state index contributed by atoms with van der Waals surface area (Å²) in [6, 6.07) is 7.77. The van der Waals surface area contributed by atoms with Crippen molar-refractivity contribution in [2.75, 3.05) is 59.0 Å². The third kappa shape index (κ3) is 6.07. The number of benzene rings is 1. The molecular formula is C28H45N3O. The Morgan fingerprint density at radius 2 is 1.56 bits per heavy atom. The number of likely N-dealkylation sites (tertiary alicyclic amines) is 3. The van der Waals surface area contributed by atoms with E-state index in [1.54, 1.807) is 11.1 Å². The summed E-state index contributed by atoms with van der Waals surface area (Å²) < 4.78 is 6.17. The van der Waals surface area contributed by atoms with Gasteiger partial charge < -0.3 is 19.4 Å². The van der Waals surface area contributed by atoms with Crippen LogP contribution in [0.4, 0.5) is 0 Å². The average Bonchev–Trinajstić information content (AvgIpc) is 3.36. The molecule has 1 aromatic rings. The molecule has 0 radical (unpaired) electrons. The Labute approximate surface area is 196 Å². The molecule has 1 unspecified atom stereocenters. The zero-order valence-corrected chi connectivity index (χ0v) is 20.3. The van der Waals surface area contributed by atoms with Gasteiger partial charge in [0.05, 0.1) is 6.61 Å². The van der Waals surface area contributed by atoms with Crippen LogP contribution in [0.5, 0.6) is 5.75 Å². The number of rotatable bonds is 8. The SMILES string of the molecule is c1cc2c(cc1OCCCN1CCC(N3CCCCC3)CC1)CCC(CN1CCCC1)C2. The normalized spacial score (nSPS) is 26.3. The van der Waals surface area contributed by atoms with E-state index in [0.29, 0.717) is 0 Å². The van der Waals surface area contributed by atoms with E-state index in [1.807, 2.05) is 0 Å². The quantitative estimate of drug-likeness (QED) is 0.551. The Bertz CT molecular complexity index is 703. The highest BCUT2D eigenvalue weighted by atomic mass is 16.5. The summed E-state index contributed by atoms with van der Waals surface area (Å²) >= 11 is 0. The minimum Gasteiger partial charge on any atom is -0.494 e. The van der Waals surface area contributed by atoms with Crippen LogP contribution < -0.4 is 4.74 Å². The molecule has 3 fully saturated rings. The van der Waals surface area contributed by atoms with Crippen LogP contribution in [-0.2, 0) is 12.8 Å². The van der Waals surface area contributed by atoms with E-state index in [0.717, 1.165) is 30.7 Å². The van der Waals surface area contributed by atoms with E-state index in [-0.39, 0.29) is 0 Å². The van der Waals surface area contributed by atoms with Crippen LogP contribution in [0, 0.1) is 5.92 Å². The van der Waals surface area contributed by atoms with Crippen molar-refractivity contribution in [3.8, 4) is 5.75 Å². The molecule has 1 aliphatic carbocycles. The lowest BCUT2D eigenvalue weighted by molar-refractivity contribution is 0.0901. The van der Waals surface area contributed by atoms with Gasteiger partial charge in [-0.2, -0.15) is 0 Å². The van der Waals surface area contributed by atoms with Crippen LogP contribution in [0.15, 0.2) is 18.2 Å². The minimum atomic E-state index is 0.850. The average molecular weight is 440 g/mol. The van der Waals surface area contributed by atoms with Crippen LogP contribution in [-0.4, -0.2) is 79.7 Å². The lowest BCUT2D eigenvalue weighted by Gasteiger charge is -2.40. The van der Waals surface area contributed by atoms with Gasteiger partial charge in [-0.3, -0.25) is 0 Å². The Balaban J connectivity index is 0.993. The zero-order chi connectivity index (χ0) is 21.6. The molecule has 178 valence electrons. The van der Waals surface area contributed by atoms with Crippen LogP contribution in [0.2, 0.25) is 0 Å². The molecular weight excluding hydrogens is 394 g/mol. The third-order valence-electron chi connectivity index (χ3n) is 8.57. The molecule has 4 nitrogen and oxygen atoms in total. The zero-order valence-electron chi connectivity index (χ0n) is 20.3. The molecule has 0 N–H and O–H groups in total. The molecule has 0 amide bonds. The Morgan fingerprint density at radius 3 is 2.38 bits per heavy atom. The highest BCUT2D eigenvalue weighted by Gasteiger charge is 2.25. The Hall–Kier alpha value is -1.10. The minimum absolute atomic E-state index is 0.850. The molecule has 1 atom stereocenters. The topological polar surface area (TPSA) is 19.0 Å². The molecule has 5 rings (SSSR count). The van der Waals surface area contributed by atoms with Crippen molar-refractivity contribution >= 4 is 0 Å². The molecule has 4 aliphatic rings. The van der Waals surface area contributed by atoms with Crippen molar-refractivity contribution in [3.05, 3.63) is 29.3 Å². The Kier molecular flexibility index (Phi) is 8.05. The summed E-state index contributed by atoms with van der Waals surface area (Å²) in [4.78, 5) is 8.12. The van der Waals surface area contributed by atoms with Gasteiger partial charge in [0.15, 0.2) is 0 Å². The summed E-state index contributed by atoms with van der Waals surface area (Å²) in [5, 5.41) is 0. The summed E-state index contributed by atoms with van der Waals surface area (Å²) in [6.45, 7) is 11.2. The fourth-order valence-electron chi connectivity index (χ4n) is 6.65. The lowest BCUT2D eigenvalue weighted by Crippen LogP contribution is -2.46. The number of aryl methyl sites for hydroxylation is 1. The van der Waals surface area contributed by atoms with Crippen LogP contribution >= 0.6 is 0 Å². The smallest absolute Gasteiger partial charge is 0.119 e. The number of nitrogens with zero attached hydrogens (tertiary/aromatic N) is 3. The molecule has 3 heterocycles. The van der Waals surface area contributed by atoms with Crippen molar-refractivity contribution in [2.24, 2.45) is 5.92 Å². The van der Waals surface area contributed by atoms with Gasteiger partial charge in [0, 0.05) is 19.1 Å².